The van der Waals surface area contributed by atoms with E-state index in [1.165, 1.54) is 11.1 Å². The van der Waals surface area contributed by atoms with Crippen molar-refractivity contribution in [2.75, 3.05) is 0 Å². The number of aryl methyl sites for hydroxylation is 2. The molecule has 0 aliphatic rings. The first-order valence-electron chi connectivity index (χ1n) is 9.88. The first-order chi connectivity index (χ1) is 14.6. The van der Waals surface area contributed by atoms with Gasteiger partial charge in [-0.1, -0.05) is 48.2 Å². The molecule has 0 spiro atoms. The third kappa shape index (κ3) is 4.74. The number of nitrogens with zero attached hydrogens (tertiary/aromatic N) is 4. The van der Waals surface area contributed by atoms with E-state index in [9.17, 15) is 0 Å². The highest BCUT2D eigenvalue weighted by molar-refractivity contribution is 7.98. The summed E-state index contributed by atoms with van der Waals surface area (Å²) >= 11 is 3.33. The van der Waals surface area contributed by atoms with Crippen LogP contribution in [-0.4, -0.2) is 19.7 Å². The number of thiazole rings is 1. The topological polar surface area (TPSA) is 52.8 Å². The lowest BCUT2D eigenvalue weighted by Crippen LogP contribution is -2.07. The zero-order valence-electron chi connectivity index (χ0n) is 17.3. The predicted molar refractivity (Wildman–Crippen MR) is 123 cm³/mol. The smallest absolute Gasteiger partial charge is 0.191 e. The largest absolute Gasteiger partial charge is 0.486 e. The van der Waals surface area contributed by atoms with Crippen LogP contribution in [0.4, 0.5) is 0 Å². The van der Waals surface area contributed by atoms with E-state index < -0.39 is 0 Å². The number of aromatic nitrogens is 4. The summed E-state index contributed by atoms with van der Waals surface area (Å²) in [4.78, 5) is 4.76. The molecular weight excluding hydrogens is 412 g/mol. The summed E-state index contributed by atoms with van der Waals surface area (Å²) in [5.41, 5.74) is 4.69. The van der Waals surface area contributed by atoms with Crippen LogP contribution in [-0.2, 0) is 18.9 Å². The second-order valence-electron chi connectivity index (χ2n) is 6.98. The number of hydrogen-bond donors (Lipinski definition) is 0. The Morgan fingerprint density at radius 3 is 2.63 bits per heavy atom. The summed E-state index contributed by atoms with van der Waals surface area (Å²) in [6.07, 6.45) is 0. The fourth-order valence-corrected chi connectivity index (χ4v) is 4.87. The summed E-state index contributed by atoms with van der Waals surface area (Å²) in [6, 6.07) is 16.4. The van der Waals surface area contributed by atoms with Crippen LogP contribution in [0, 0.1) is 13.8 Å². The Balaban J connectivity index is 1.40. The average molecular weight is 437 g/mol. The van der Waals surface area contributed by atoms with Crippen LogP contribution < -0.4 is 4.74 Å². The molecule has 2 heterocycles. The van der Waals surface area contributed by atoms with Crippen molar-refractivity contribution >= 4 is 23.1 Å². The molecule has 2 aromatic heterocycles. The molecule has 154 valence electrons. The summed E-state index contributed by atoms with van der Waals surface area (Å²) in [5, 5.41) is 12.8. The summed E-state index contributed by atoms with van der Waals surface area (Å²) in [6.45, 7) is 7.49. The first-order valence-corrected chi connectivity index (χ1v) is 11.8. The molecule has 0 saturated carbocycles. The van der Waals surface area contributed by atoms with Crippen molar-refractivity contribution in [3.63, 3.8) is 0 Å². The van der Waals surface area contributed by atoms with Gasteiger partial charge in [0.2, 0.25) is 0 Å². The molecule has 2 aromatic carbocycles. The van der Waals surface area contributed by atoms with E-state index in [1.54, 1.807) is 23.1 Å². The van der Waals surface area contributed by atoms with Gasteiger partial charge in [0.25, 0.3) is 0 Å². The van der Waals surface area contributed by atoms with Gasteiger partial charge < -0.3 is 9.30 Å². The SMILES string of the molecule is CCn1c(COc2ccc(C)c(C)c2)nnc1SCc1csc(-c2ccccc2)n1. The van der Waals surface area contributed by atoms with Gasteiger partial charge >= 0.3 is 0 Å². The molecule has 7 heteroatoms. The maximum absolute atomic E-state index is 5.96. The van der Waals surface area contributed by atoms with Crippen LogP contribution in [0.2, 0.25) is 0 Å². The molecule has 4 aromatic rings. The van der Waals surface area contributed by atoms with Crippen molar-refractivity contribution in [2.24, 2.45) is 0 Å². The van der Waals surface area contributed by atoms with Gasteiger partial charge in [0, 0.05) is 23.2 Å². The lowest BCUT2D eigenvalue weighted by molar-refractivity contribution is 0.288. The molecule has 0 bridgehead atoms. The fourth-order valence-electron chi connectivity index (χ4n) is 3.03. The monoisotopic (exact) mass is 436 g/mol. The Labute approximate surface area is 185 Å². The van der Waals surface area contributed by atoms with Crippen LogP contribution in [0.15, 0.2) is 59.1 Å². The predicted octanol–water partition coefficient (Wildman–Crippen LogP) is 5.91. The molecule has 4 rings (SSSR count). The molecule has 0 aliphatic heterocycles. The van der Waals surface area contributed by atoms with Crippen LogP contribution in [0.25, 0.3) is 10.6 Å². The Morgan fingerprint density at radius 1 is 1.03 bits per heavy atom. The van der Waals surface area contributed by atoms with E-state index in [0.717, 1.165) is 45.3 Å². The minimum absolute atomic E-state index is 0.402. The number of hydrogen-bond acceptors (Lipinski definition) is 6. The number of rotatable bonds is 8. The molecule has 0 amide bonds. The molecule has 30 heavy (non-hydrogen) atoms. The van der Waals surface area contributed by atoms with Crippen molar-refractivity contribution in [3.8, 4) is 16.3 Å². The van der Waals surface area contributed by atoms with E-state index >= 15 is 0 Å². The van der Waals surface area contributed by atoms with Crippen LogP contribution in [0.1, 0.15) is 29.6 Å². The minimum atomic E-state index is 0.402. The quantitative estimate of drug-likeness (QED) is 0.321. The minimum Gasteiger partial charge on any atom is -0.486 e. The van der Waals surface area contributed by atoms with Crippen molar-refractivity contribution in [1.29, 1.82) is 0 Å². The first kappa shape index (κ1) is 20.6. The van der Waals surface area contributed by atoms with Gasteiger partial charge in [0.1, 0.15) is 17.4 Å². The summed E-state index contributed by atoms with van der Waals surface area (Å²) < 4.78 is 8.06. The number of benzene rings is 2. The van der Waals surface area contributed by atoms with Gasteiger partial charge in [0.15, 0.2) is 11.0 Å². The van der Waals surface area contributed by atoms with Gasteiger partial charge in [-0.2, -0.15) is 0 Å². The van der Waals surface area contributed by atoms with E-state index in [1.807, 2.05) is 24.3 Å². The molecular formula is C23H24N4OS2. The third-order valence-corrected chi connectivity index (χ3v) is 6.82. The van der Waals surface area contributed by atoms with E-state index in [4.69, 9.17) is 9.72 Å². The van der Waals surface area contributed by atoms with Crippen LogP contribution in [0.3, 0.4) is 0 Å². The van der Waals surface area contributed by atoms with Gasteiger partial charge in [-0.25, -0.2) is 4.98 Å². The molecule has 0 atom stereocenters. The Morgan fingerprint density at radius 2 is 1.87 bits per heavy atom. The highest BCUT2D eigenvalue weighted by Crippen LogP contribution is 2.28. The van der Waals surface area contributed by atoms with Crippen LogP contribution >= 0.6 is 23.1 Å². The standard InChI is InChI=1S/C23H24N4OS2/c1-4-27-21(13-28-20-11-10-16(2)17(3)12-20)25-26-23(27)30-15-19-14-29-22(24-19)18-8-6-5-7-9-18/h5-12,14H,4,13,15H2,1-3H3. The normalized spacial score (nSPS) is 11.0. The van der Waals surface area contributed by atoms with Gasteiger partial charge in [-0.05, 0) is 44.0 Å². The maximum Gasteiger partial charge on any atom is 0.191 e. The average Bonchev–Trinajstić information content (AvgIpc) is 3.40. The molecule has 0 unspecified atom stereocenters. The van der Waals surface area contributed by atoms with Crippen molar-refractivity contribution in [3.05, 3.63) is 76.6 Å². The Kier molecular flexibility index (Phi) is 6.50. The second kappa shape index (κ2) is 9.45. The summed E-state index contributed by atoms with van der Waals surface area (Å²) in [7, 11) is 0. The van der Waals surface area contributed by atoms with Gasteiger partial charge in [-0.3, -0.25) is 0 Å². The Hall–Kier alpha value is -2.64. The highest BCUT2D eigenvalue weighted by Gasteiger charge is 2.13. The fraction of sp³-hybridized carbons (Fsp3) is 0.261. The van der Waals surface area contributed by atoms with E-state index in [-0.39, 0.29) is 0 Å². The lowest BCUT2D eigenvalue weighted by Gasteiger charge is -2.10. The summed E-state index contributed by atoms with van der Waals surface area (Å²) in [5.74, 6) is 2.45. The number of thioether (sulfide) groups is 1. The molecule has 0 saturated heterocycles. The van der Waals surface area contributed by atoms with Crippen LogP contribution in [0.5, 0.6) is 5.75 Å². The zero-order valence-corrected chi connectivity index (χ0v) is 19.0. The second-order valence-corrected chi connectivity index (χ2v) is 8.78. The Bertz CT molecular complexity index is 1120. The van der Waals surface area contributed by atoms with E-state index in [2.05, 4.69) is 65.2 Å². The van der Waals surface area contributed by atoms with Crippen molar-refractivity contribution in [1.82, 2.24) is 19.7 Å². The molecule has 0 aliphatic carbocycles. The zero-order chi connectivity index (χ0) is 20.9. The van der Waals surface area contributed by atoms with E-state index in [0.29, 0.717) is 6.61 Å². The van der Waals surface area contributed by atoms with Gasteiger partial charge in [-0.15, -0.1) is 21.5 Å². The third-order valence-electron chi connectivity index (χ3n) is 4.88. The molecule has 0 radical (unpaired) electrons. The maximum atomic E-state index is 5.96. The van der Waals surface area contributed by atoms with Gasteiger partial charge in [0.05, 0.1) is 5.69 Å². The van der Waals surface area contributed by atoms with Crippen molar-refractivity contribution in [2.45, 2.75) is 44.8 Å². The number of ether oxygens (including phenoxy) is 1. The molecule has 5 nitrogen and oxygen atoms in total. The lowest BCUT2D eigenvalue weighted by atomic mass is 10.1. The molecule has 0 fully saturated rings. The van der Waals surface area contributed by atoms with Crippen molar-refractivity contribution < 1.29 is 4.74 Å². The highest BCUT2D eigenvalue weighted by atomic mass is 32.2. The molecule has 0 N–H and O–H groups in total.